The van der Waals surface area contributed by atoms with Crippen LogP contribution >= 0.6 is 11.8 Å². The molecule has 0 aliphatic carbocycles. The standard InChI is InChI=1S/C20H21F3N2O4S2/c1-30-17-8-5-13(19(26)27)11-18(17)31(28,29)24-15-12-14(20(21,22)23)6-7-16(15)25-9-3-2-4-10-25/h5-8,11-12,24H,2-4,9-10H2,1H3,(H,26,27). The lowest BCUT2D eigenvalue weighted by Gasteiger charge is -2.31. The number of piperidine rings is 1. The molecule has 1 heterocycles. The summed E-state index contributed by atoms with van der Waals surface area (Å²) in [4.78, 5) is 13.1. The van der Waals surface area contributed by atoms with Gasteiger partial charge >= 0.3 is 12.1 Å². The number of carbonyl (C=O) groups is 1. The van der Waals surface area contributed by atoms with E-state index in [4.69, 9.17) is 0 Å². The zero-order valence-electron chi connectivity index (χ0n) is 16.6. The van der Waals surface area contributed by atoms with E-state index < -0.39 is 27.7 Å². The second-order valence-electron chi connectivity index (χ2n) is 7.05. The van der Waals surface area contributed by atoms with Crippen LogP contribution in [-0.2, 0) is 16.2 Å². The fourth-order valence-corrected chi connectivity index (χ4v) is 5.65. The van der Waals surface area contributed by atoms with Crippen LogP contribution in [0.1, 0.15) is 35.2 Å². The van der Waals surface area contributed by atoms with E-state index in [2.05, 4.69) is 4.72 Å². The van der Waals surface area contributed by atoms with Gasteiger partial charge in [-0.25, -0.2) is 13.2 Å². The van der Waals surface area contributed by atoms with E-state index in [9.17, 15) is 31.5 Å². The summed E-state index contributed by atoms with van der Waals surface area (Å²) in [7, 11) is -4.36. The fraction of sp³-hybridized carbons (Fsp3) is 0.350. The number of nitrogens with zero attached hydrogens (tertiary/aromatic N) is 1. The minimum Gasteiger partial charge on any atom is -0.478 e. The van der Waals surface area contributed by atoms with E-state index >= 15 is 0 Å². The van der Waals surface area contributed by atoms with Gasteiger partial charge < -0.3 is 10.0 Å². The molecule has 2 aromatic rings. The van der Waals surface area contributed by atoms with E-state index in [0.717, 1.165) is 49.2 Å². The Morgan fingerprint density at radius 1 is 1.10 bits per heavy atom. The van der Waals surface area contributed by atoms with Crippen molar-refractivity contribution in [2.45, 2.75) is 35.2 Å². The zero-order chi connectivity index (χ0) is 22.8. The number of aromatic carboxylic acids is 1. The fourth-order valence-electron chi connectivity index (χ4n) is 3.42. The van der Waals surface area contributed by atoms with Crippen LogP contribution in [0.2, 0.25) is 0 Å². The van der Waals surface area contributed by atoms with Crippen molar-refractivity contribution in [1.29, 1.82) is 0 Å². The summed E-state index contributed by atoms with van der Waals surface area (Å²) < 4.78 is 68.4. The number of sulfonamides is 1. The Balaban J connectivity index is 2.09. The van der Waals surface area contributed by atoms with Gasteiger partial charge in [-0.2, -0.15) is 13.2 Å². The molecule has 2 aromatic carbocycles. The molecule has 0 saturated carbocycles. The lowest BCUT2D eigenvalue weighted by molar-refractivity contribution is -0.137. The van der Waals surface area contributed by atoms with Gasteiger partial charge in [0.2, 0.25) is 0 Å². The highest BCUT2D eigenvalue weighted by Crippen LogP contribution is 2.38. The van der Waals surface area contributed by atoms with Crippen LogP contribution in [0.15, 0.2) is 46.2 Å². The number of anilines is 2. The number of carboxylic acids is 1. The maximum Gasteiger partial charge on any atom is 0.416 e. The van der Waals surface area contributed by atoms with Crippen molar-refractivity contribution in [3.63, 3.8) is 0 Å². The molecule has 1 saturated heterocycles. The van der Waals surface area contributed by atoms with Crippen LogP contribution < -0.4 is 9.62 Å². The Bertz CT molecular complexity index is 1080. The first-order valence-electron chi connectivity index (χ1n) is 9.43. The van der Waals surface area contributed by atoms with Crippen molar-refractivity contribution in [1.82, 2.24) is 0 Å². The SMILES string of the molecule is CSc1ccc(C(=O)O)cc1S(=O)(=O)Nc1cc(C(F)(F)F)ccc1N1CCCCC1. The van der Waals surface area contributed by atoms with Crippen LogP contribution in [0.5, 0.6) is 0 Å². The Labute approximate surface area is 182 Å². The quantitative estimate of drug-likeness (QED) is 0.578. The van der Waals surface area contributed by atoms with Gasteiger partial charge in [-0.1, -0.05) is 0 Å². The summed E-state index contributed by atoms with van der Waals surface area (Å²) in [6.07, 6.45) is -0.321. The summed E-state index contributed by atoms with van der Waals surface area (Å²) in [5.74, 6) is -1.31. The van der Waals surface area contributed by atoms with Gasteiger partial charge in [-0.05, 0) is 61.9 Å². The van der Waals surface area contributed by atoms with Crippen LogP contribution in [0.4, 0.5) is 24.5 Å². The molecule has 1 aliphatic rings. The van der Waals surface area contributed by atoms with Gasteiger partial charge in [0.25, 0.3) is 10.0 Å². The highest BCUT2D eigenvalue weighted by atomic mass is 32.2. The van der Waals surface area contributed by atoms with Gasteiger partial charge in [0.05, 0.1) is 22.5 Å². The number of hydrogen-bond acceptors (Lipinski definition) is 5. The number of alkyl halides is 3. The number of nitrogens with one attached hydrogen (secondary N) is 1. The molecule has 0 aromatic heterocycles. The van der Waals surface area contributed by atoms with Crippen LogP contribution in [0.3, 0.4) is 0 Å². The number of halogens is 3. The molecule has 0 spiro atoms. The molecule has 0 atom stereocenters. The monoisotopic (exact) mass is 474 g/mol. The Hall–Kier alpha value is -2.40. The van der Waals surface area contributed by atoms with Gasteiger partial charge in [0, 0.05) is 18.0 Å². The second kappa shape index (κ2) is 8.99. The lowest BCUT2D eigenvalue weighted by atomic mass is 10.1. The molecule has 1 aliphatic heterocycles. The van der Waals surface area contributed by atoms with Crippen molar-refractivity contribution in [2.75, 3.05) is 29.0 Å². The first kappa shape index (κ1) is 23.3. The average molecular weight is 475 g/mol. The van der Waals surface area contributed by atoms with Crippen LogP contribution in [-0.4, -0.2) is 38.8 Å². The minimum absolute atomic E-state index is 0.190. The molecule has 11 heteroatoms. The maximum absolute atomic E-state index is 13.3. The maximum atomic E-state index is 13.3. The zero-order valence-corrected chi connectivity index (χ0v) is 18.2. The number of benzene rings is 2. The molecule has 31 heavy (non-hydrogen) atoms. The molecule has 0 radical (unpaired) electrons. The van der Waals surface area contributed by atoms with Crippen LogP contribution in [0.25, 0.3) is 0 Å². The Kier molecular flexibility index (Phi) is 6.75. The van der Waals surface area contributed by atoms with Crippen molar-refractivity contribution in [2.24, 2.45) is 0 Å². The highest BCUT2D eigenvalue weighted by molar-refractivity contribution is 7.99. The van der Waals surface area contributed by atoms with Crippen molar-refractivity contribution < 1.29 is 31.5 Å². The van der Waals surface area contributed by atoms with Gasteiger partial charge in [0.15, 0.2) is 0 Å². The van der Waals surface area contributed by atoms with Crippen molar-refractivity contribution in [3.8, 4) is 0 Å². The predicted molar refractivity (Wildman–Crippen MR) is 113 cm³/mol. The first-order chi connectivity index (χ1) is 14.5. The van der Waals surface area contributed by atoms with E-state index in [0.29, 0.717) is 18.8 Å². The normalized spacial score (nSPS) is 15.0. The molecule has 0 unspecified atom stereocenters. The average Bonchev–Trinajstić information content (AvgIpc) is 2.73. The van der Waals surface area contributed by atoms with Crippen molar-refractivity contribution in [3.05, 3.63) is 47.5 Å². The highest BCUT2D eigenvalue weighted by Gasteiger charge is 2.32. The number of thioether (sulfide) groups is 1. The molecule has 1 fully saturated rings. The van der Waals surface area contributed by atoms with E-state index in [1.54, 1.807) is 6.26 Å². The van der Waals surface area contributed by atoms with Gasteiger partial charge in [-0.15, -0.1) is 11.8 Å². The third-order valence-electron chi connectivity index (χ3n) is 4.97. The third-order valence-corrected chi connectivity index (χ3v) is 7.30. The molecular formula is C20H21F3N2O4S2. The topological polar surface area (TPSA) is 86.7 Å². The summed E-state index contributed by atoms with van der Waals surface area (Å²) in [5.41, 5.74) is -1.05. The summed E-state index contributed by atoms with van der Waals surface area (Å²) in [6, 6.07) is 6.62. The molecule has 0 bridgehead atoms. The Morgan fingerprint density at radius 3 is 2.35 bits per heavy atom. The second-order valence-corrected chi connectivity index (χ2v) is 9.55. The largest absolute Gasteiger partial charge is 0.478 e. The van der Waals surface area contributed by atoms with Crippen molar-refractivity contribution >= 4 is 39.1 Å². The molecule has 6 nitrogen and oxygen atoms in total. The van der Waals surface area contributed by atoms with E-state index in [-0.39, 0.29) is 21.0 Å². The molecular weight excluding hydrogens is 453 g/mol. The van der Waals surface area contributed by atoms with E-state index in [1.165, 1.54) is 18.2 Å². The lowest BCUT2D eigenvalue weighted by Crippen LogP contribution is -2.30. The van der Waals surface area contributed by atoms with E-state index in [1.807, 2.05) is 4.90 Å². The smallest absolute Gasteiger partial charge is 0.416 e. The predicted octanol–water partition coefficient (Wildman–Crippen LogP) is 4.92. The van der Waals surface area contributed by atoms with Gasteiger partial charge in [0.1, 0.15) is 4.90 Å². The number of rotatable bonds is 6. The Morgan fingerprint density at radius 2 is 1.77 bits per heavy atom. The summed E-state index contributed by atoms with van der Waals surface area (Å²) >= 11 is 1.09. The summed E-state index contributed by atoms with van der Waals surface area (Å²) in [5, 5.41) is 9.21. The molecule has 168 valence electrons. The third kappa shape index (κ3) is 5.27. The molecule has 2 N–H and O–H groups in total. The molecule has 0 amide bonds. The number of carboxylic acid groups (broad SMARTS) is 1. The molecule has 3 rings (SSSR count). The first-order valence-corrected chi connectivity index (χ1v) is 12.1. The van der Waals surface area contributed by atoms with Gasteiger partial charge in [-0.3, -0.25) is 4.72 Å². The summed E-state index contributed by atoms with van der Waals surface area (Å²) in [6.45, 7) is 1.20. The van der Waals surface area contributed by atoms with Crippen LogP contribution in [0, 0.1) is 0 Å². The minimum atomic E-state index is -4.64. The number of hydrogen-bond donors (Lipinski definition) is 2.